The molecule has 0 aromatic heterocycles. The summed E-state index contributed by atoms with van der Waals surface area (Å²) in [6, 6.07) is 14.3. The SMILES string of the molecule is CC(=O)N(CCC(O[P+](=O)O)c1ccc(Cl)c(Cl)c1)OC(C)c1ccccc1. The van der Waals surface area contributed by atoms with Crippen LogP contribution in [0.2, 0.25) is 10.0 Å². The molecule has 0 fully saturated rings. The molecule has 0 bridgehead atoms. The van der Waals surface area contributed by atoms with E-state index in [0.717, 1.165) is 5.56 Å². The molecule has 0 aliphatic heterocycles. The van der Waals surface area contributed by atoms with E-state index in [1.165, 1.54) is 12.0 Å². The highest BCUT2D eigenvalue weighted by Crippen LogP contribution is 2.34. The number of benzene rings is 2. The molecule has 2 aromatic carbocycles. The van der Waals surface area contributed by atoms with E-state index in [0.29, 0.717) is 15.6 Å². The van der Waals surface area contributed by atoms with Gasteiger partial charge >= 0.3 is 8.25 Å². The molecule has 0 radical (unpaired) electrons. The van der Waals surface area contributed by atoms with E-state index < -0.39 is 14.4 Å². The van der Waals surface area contributed by atoms with Gasteiger partial charge < -0.3 is 0 Å². The summed E-state index contributed by atoms with van der Waals surface area (Å²) in [4.78, 5) is 27.0. The number of hydroxylamine groups is 2. The molecule has 6 nitrogen and oxygen atoms in total. The first-order valence-electron chi connectivity index (χ1n) is 8.55. The van der Waals surface area contributed by atoms with Crippen molar-refractivity contribution in [3.05, 3.63) is 69.7 Å². The summed E-state index contributed by atoms with van der Waals surface area (Å²) >= 11 is 12.0. The van der Waals surface area contributed by atoms with E-state index in [1.54, 1.807) is 18.2 Å². The maximum atomic E-state index is 12.0. The lowest BCUT2D eigenvalue weighted by Crippen LogP contribution is -2.32. The Hall–Kier alpha value is -1.53. The van der Waals surface area contributed by atoms with Crippen molar-refractivity contribution < 1.29 is 23.6 Å². The third kappa shape index (κ3) is 6.82. The molecule has 150 valence electrons. The molecule has 3 atom stereocenters. The molecule has 9 heteroatoms. The zero-order valence-electron chi connectivity index (χ0n) is 15.4. The van der Waals surface area contributed by atoms with Gasteiger partial charge in [-0.2, -0.15) is 0 Å². The summed E-state index contributed by atoms with van der Waals surface area (Å²) in [5, 5.41) is 1.89. The standard InChI is InChI=1S/C19H20Cl2NO5P/c1-13(15-6-4-3-5-7-15)26-22(14(2)23)11-10-19(27-28(24)25)16-8-9-17(20)18(21)12-16/h3-9,12-13,19H,10-11H2,1-2H3/p+1. The number of nitrogens with zero attached hydrogens (tertiary/aromatic N) is 1. The highest BCUT2D eigenvalue weighted by Gasteiger charge is 2.27. The van der Waals surface area contributed by atoms with Crippen LogP contribution in [-0.4, -0.2) is 22.4 Å². The second kappa shape index (κ2) is 10.9. The minimum atomic E-state index is -2.85. The Bertz CT molecular complexity index is 821. The lowest BCUT2D eigenvalue weighted by molar-refractivity contribution is -0.204. The Morgan fingerprint density at radius 2 is 1.82 bits per heavy atom. The van der Waals surface area contributed by atoms with Gasteiger partial charge in [0.2, 0.25) is 5.91 Å². The lowest BCUT2D eigenvalue weighted by Gasteiger charge is -2.25. The molecular formula is C19H21Cl2NO5P+. The van der Waals surface area contributed by atoms with Gasteiger partial charge in [0.1, 0.15) is 12.2 Å². The largest absolute Gasteiger partial charge is 0.695 e. The Balaban J connectivity index is 2.10. The summed E-state index contributed by atoms with van der Waals surface area (Å²) in [5.74, 6) is -0.288. The number of carbonyl (C=O) groups is 1. The van der Waals surface area contributed by atoms with Crippen LogP contribution in [0.1, 0.15) is 43.6 Å². The van der Waals surface area contributed by atoms with Crippen LogP contribution in [-0.2, 0) is 18.7 Å². The Morgan fingerprint density at radius 1 is 1.14 bits per heavy atom. The van der Waals surface area contributed by atoms with Crippen molar-refractivity contribution in [3.63, 3.8) is 0 Å². The van der Waals surface area contributed by atoms with Crippen LogP contribution >= 0.6 is 31.5 Å². The summed E-state index contributed by atoms with van der Waals surface area (Å²) in [6.45, 7) is 3.38. The van der Waals surface area contributed by atoms with Crippen LogP contribution in [0.4, 0.5) is 0 Å². The van der Waals surface area contributed by atoms with Gasteiger partial charge in [0.25, 0.3) is 0 Å². The number of hydrogen-bond donors (Lipinski definition) is 1. The van der Waals surface area contributed by atoms with Crippen LogP contribution in [0.15, 0.2) is 48.5 Å². The van der Waals surface area contributed by atoms with E-state index in [1.807, 2.05) is 37.3 Å². The molecule has 2 aromatic rings. The second-order valence-electron chi connectivity index (χ2n) is 6.07. The van der Waals surface area contributed by atoms with Crippen molar-refractivity contribution in [1.29, 1.82) is 0 Å². The van der Waals surface area contributed by atoms with Crippen LogP contribution in [0.5, 0.6) is 0 Å². The lowest BCUT2D eigenvalue weighted by atomic mass is 10.1. The van der Waals surface area contributed by atoms with Gasteiger partial charge in [0, 0.05) is 17.9 Å². The zero-order chi connectivity index (χ0) is 20.7. The number of rotatable bonds is 9. The normalized spacial score (nSPS) is 13.7. The predicted molar refractivity (Wildman–Crippen MR) is 108 cm³/mol. The van der Waals surface area contributed by atoms with Crippen molar-refractivity contribution in [2.24, 2.45) is 0 Å². The van der Waals surface area contributed by atoms with Crippen molar-refractivity contribution >= 4 is 37.4 Å². The smallest absolute Gasteiger partial charge is 0.273 e. The third-order valence-corrected chi connectivity index (χ3v) is 5.21. The van der Waals surface area contributed by atoms with Gasteiger partial charge in [-0.1, -0.05) is 59.6 Å². The average molecular weight is 445 g/mol. The first kappa shape index (κ1) is 22.8. The molecule has 3 unspecified atom stereocenters. The minimum absolute atomic E-state index is 0.153. The number of halogens is 2. The highest BCUT2D eigenvalue weighted by atomic mass is 35.5. The first-order chi connectivity index (χ1) is 13.3. The molecule has 0 aliphatic rings. The fraction of sp³-hybridized carbons (Fsp3) is 0.316. The maximum absolute atomic E-state index is 12.0. The third-order valence-electron chi connectivity index (χ3n) is 4.03. The van der Waals surface area contributed by atoms with Gasteiger partial charge in [-0.15, -0.1) is 9.42 Å². The van der Waals surface area contributed by atoms with Crippen LogP contribution in [0.3, 0.4) is 0 Å². The summed E-state index contributed by atoms with van der Waals surface area (Å²) in [7, 11) is -2.85. The van der Waals surface area contributed by atoms with E-state index >= 15 is 0 Å². The topological polar surface area (TPSA) is 76.1 Å². The quantitative estimate of drug-likeness (QED) is 0.400. The van der Waals surface area contributed by atoms with E-state index in [9.17, 15) is 14.3 Å². The molecule has 28 heavy (non-hydrogen) atoms. The fourth-order valence-electron chi connectivity index (χ4n) is 2.60. The molecule has 0 spiro atoms. The van der Waals surface area contributed by atoms with Gasteiger partial charge in [-0.25, -0.2) is 5.06 Å². The summed E-state index contributed by atoms with van der Waals surface area (Å²) in [5.41, 5.74) is 1.50. The number of amides is 1. The number of carbonyl (C=O) groups excluding carboxylic acids is 1. The maximum Gasteiger partial charge on any atom is 0.695 e. The summed E-state index contributed by atoms with van der Waals surface area (Å²) < 4.78 is 16.4. The molecule has 0 aliphatic carbocycles. The molecular weight excluding hydrogens is 424 g/mol. The predicted octanol–water partition coefficient (Wildman–Crippen LogP) is 5.63. The molecule has 1 amide bonds. The van der Waals surface area contributed by atoms with E-state index in [2.05, 4.69) is 0 Å². The van der Waals surface area contributed by atoms with Gasteiger partial charge in [-0.05, 0) is 30.2 Å². The van der Waals surface area contributed by atoms with Crippen molar-refractivity contribution in [2.45, 2.75) is 32.5 Å². The van der Waals surface area contributed by atoms with E-state index in [-0.39, 0.29) is 25.0 Å². The van der Waals surface area contributed by atoms with Crippen LogP contribution in [0.25, 0.3) is 0 Å². The minimum Gasteiger partial charge on any atom is -0.273 e. The molecule has 1 N–H and O–H groups in total. The van der Waals surface area contributed by atoms with Crippen molar-refractivity contribution in [1.82, 2.24) is 5.06 Å². The first-order valence-corrected chi connectivity index (χ1v) is 10.4. The molecule has 0 heterocycles. The monoisotopic (exact) mass is 444 g/mol. The summed E-state index contributed by atoms with van der Waals surface area (Å²) in [6.07, 6.45) is -0.884. The number of hydrogen-bond acceptors (Lipinski definition) is 4. The molecule has 0 saturated carbocycles. The molecule has 2 rings (SSSR count). The van der Waals surface area contributed by atoms with E-state index in [4.69, 9.17) is 32.6 Å². The van der Waals surface area contributed by atoms with Gasteiger partial charge in [0.05, 0.1) is 16.6 Å². The Kier molecular flexibility index (Phi) is 8.83. The fourth-order valence-corrected chi connectivity index (χ4v) is 3.35. The Labute approximate surface area is 174 Å². The molecule has 0 saturated heterocycles. The van der Waals surface area contributed by atoms with Crippen molar-refractivity contribution in [3.8, 4) is 0 Å². The Morgan fingerprint density at radius 3 is 2.39 bits per heavy atom. The average Bonchev–Trinajstić information content (AvgIpc) is 2.66. The zero-order valence-corrected chi connectivity index (χ0v) is 17.8. The second-order valence-corrected chi connectivity index (χ2v) is 7.57. The highest BCUT2D eigenvalue weighted by molar-refractivity contribution is 7.32. The van der Waals surface area contributed by atoms with Crippen LogP contribution < -0.4 is 0 Å². The van der Waals surface area contributed by atoms with Crippen LogP contribution in [0, 0.1) is 0 Å². The van der Waals surface area contributed by atoms with Gasteiger partial charge in [-0.3, -0.25) is 9.63 Å². The van der Waals surface area contributed by atoms with Crippen molar-refractivity contribution in [2.75, 3.05) is 6.54 Å². The van der Waals surface area contributed by atoms with Gasteiger partial charge in [0.15, 0.2) is 0 Å².